The molecule has 88 valence electrons. The van der Waals surface area contributed by atoms with Gasteiger partial charge in [0.1, 0.15) is 0 Å². The van der Waals surface area contributed by atoms with Crippen molar-refractivity contribution in [3.8, 4) is 0 Å². The molecule has 0 heterocycles. The molecule has 0 spiro atoms. The molecule has 2 aromatic rings. The molecular formula is C14H13FOSe. The quantitative estimate of drug-likeness (QED) is 0.858. The van der Waals surface area contributed by atoms with Crippen molar-refractivity contribution in [3.63, 3.8) is 0 Å². The van der Waals surface area contributed by atoms with E-state index in [2.05, 4.69) is 0 Å². The van der Waals surface area contributed by atoms with Crippen LogP contribution >= 0.6 is 0 Å². The Morgan fingerprint density at radius 2 is 1.65 bits per heavy atom. The summed E-state index contributed by atoms with van der Waals surface area (Å²) in [5.41, 5.74) is 0.941. The van der Waals surface area contributed by atoms with Gasteiger partial charge >= 0.3 is 106 Å². The monoisotopic (exact) mass is 296 g/mol. The molecule has 0 aliphatic carbocycles. The average Bonchev–Trinajstić information content (AvgIpc) is 2.39. The second-order valence-electron chi connectivity index (χ2n) is 3.69. The van der Waals surface area contributed by atoms with Crippen LogP contribution in [0.15, 0.2) is 54.6 Å². The second kappa shape index (κ2) is 5.97. The third-order valence-electron chi connectivity index (χ3n) is 2.41. The molecule has 1 N–H and O–H groups in total. The molecule has 3 heteroatoms. The molecule has 0 aromatic heterocycles. The van der Waals surface area contributed by atoms with E-state index in [1.54, 1.807) is 12.1 Å². The Hall–Kier alpha value is -1.15. The molecule has 0 bridgehead atoms. The van der Waals surface area contributed by atoms with Crippen molar-refractivity contribution in [2.75, 3.05) is 0 Å². The number of rotatable bonds is 4. The summed E-state index contributed by atoms with van der Waals surface area (Å²) in [7, 11) is 0. The molecule has 0 saturated heterocycles. The minimum absolute atomic E-state index is 0.170. The van der Waals surface area contributed by atoms with Crippen LogP contribution in [-0.4, -0.2) is 20.1 Å². The molecule has 2 aromatic carbocycles. The zero-order valence-electron chi connectivity index (χ0n) is 9.21. The van der Waals surface area contributed by atoms with Gasteiger partial charge < -0.3 is 0 Å². The van der Waals surface area contributed by atoms with Crippen molar-refractivity contribution in [3.05, 3.63) is 66.0 Å². The summed E-state index contributed by atoms with van der Waals surface area (Å²) >= 11 is 0.170. The molecule has 1 nitrogen and oxygen atoms in total. The fourth-order valence-corrected chi connectivity index (χ4v) is 3.31. The Morgan fingerprint density at radius 3 is 2.29 bits per heavy atom. The summed E-state index contributed by atoms with van der Waals surface area (Å²) in [6.45, 7) is 0. The molecule has 17 heavy (non-hydrogen) atoms. The molecule has 0 amide bonds. The van der Waals surface area contributed by atoms with Crippen LogP contribution in [0.3, 0.4) is 0 Å². The van der Waals surface area contributed by atoms with Crippen LogP contribution in [0.1, 0.15) is 11.7 Å². The average molecular weight is 295 g/mol. The number of aliphatic hydroxyl groups excluding tert-OH is 1. The molecule has 0 radical (unpaired) electrons. The van der Waals surface area contributed by atoms with Crippen LogP contribution in [0.5, 0.6) is 0 Å². The van der Waals surface area contributed by atoms with Crippen LogP contribution in [0.25, 0.3) is 0 Å². The zero-order valence-corrected chi connectivity index (χ0v) is 10.9. The summed E-state index contributed by atoms with van der Waals surface area (Å²) < 4.78 is 13.8. The molecule has 0 saturated carbocycles. The first kappa shape index (κ1) is 12.3. The summed E-state index contributed by atoms with van der Waals surface area (Å²) in [4.78, 5) is 0. The van der Waals surface area contributed by atoms with E-state index in [4.69, 9.17) is 0 Å². The summed E-state index contributed by atoms with van der Waals surface area (Å²) in [6, 6.07) is 16.1. The molecule has 1 atom stereocenters. The molecule has 2 rings (SSSR count). The van der Waals surface area contributed by atoms with E-state index in [0.29, 0.717) is 5.32 Å². The number of benzene rings is 2. The maximum absolute atomic E-state index is 12.7. The molecular weight excluding hydrogens is 282 g/mol. The van der Waals surface area contributed by atoms with Gasteiger partial charge in [-0.05, 0) is 0 Å². The van der Waals surface area contributed by atoms with Crippen molar-refractivity contribution in [1.82, 2.24) is 0 Å². The normalized spacial score (nSPS) is 12.4. The van der Waals surface area contributed by atoms with E-state index in [-0.39, 0.29) is 20.8 Å². The van der Waals surface area contributed by atoms with E-state index in [1.165, 1.54) is 12.1 Å². The van der Waals surface area contributed by atoms with E-state index < -0.39 is 6.10 Å². The van der Waals surface area contributed by atoms with Gasteiger partial charge in [-0.25, -0.2) is 0 Å². The van der Waals surface area contributed by atoms with Crippen LogP contribution in [0, 0.1) is 5.82 Å². The van der Waals surface area contributed by atoms with Crippen LogP contribution in [0.2, 0.25) is 5.32 Å². The van der Waals surface area contributed by atoms with Gasteiger partial charge in [-0.1, -0.05) is 0 Å². The maximum atomic E-state index is 12.7. The molecule has 0 aliphatic rings. The SMILES string of the molecule is OC(C[Se]c1ccc(F)cc1)c1ccccc1. The summed E-state index contributed by atoms with van der Waals surface area (Å²) in [5, 5.41) is 10.7. The first-order valence-electron chi connectivity index (χ1n) is 5.37. The number of hydrogen-bond acceptors (Lipinski definition) is 1. The van der Waals surface area contributed by atoms with Gasteiger partial charge in [-0.15, -0.1) is 0 Å². The van der Waals surface area contributed by atoms with Crippen molar-refractivity contribution >= 4 is 19.4 Å². The van der Waals surface area contributed by atoms with Crippen molar-refractivity contribution in [1.29, 1.82) is 0 Å². The predicted octanol–water partition coefficient (Wildman–Crippen LogP) is 2.31. The van der Waals surface area contributed by atoms with Gasteiger partial charge in [0, 0.05) is 0 Å². The minimum atomic E-state index is -0.429. The van der Waals surface area contributed by atoms with Gasteiger partial charge in [0.2, 0.25) is 0 Å². The Morgan fingerprint density at radius 1 is 1.00 bits per heavy atom. The van der Waals surface area contributed by atoms with Gasteiger partial charge in [0.15, 0.2) is 0 Å². The first-order chi connectivity index (χ1) is 8.25. The van der Waals surface area contributed by atoms with Gasteiger partial charge in [-0.3, -0.25) is 0 Å². The van der Waals surface area contributed by atoms with Gasteiger partial charge in [-0.2, -0.15) is 0 Å². The van der Waals surface area contributed by atoms with E-state index in [1.807, 2.05) is 30.3 Å². The number of halogens is 1. The topological polar surface area (TPSA) is 20.2 Å². The van der Waals surface area contributed by atoms with Crippen LogP contribution in [-0.2, 0) is 0 Å². The van der Waals surface area contributed by atoms with Gasteiger partial charge in [0.25, 0.3) is 0 Å². The Bertz CT molecular complexity index is 455. The number of aliphatic hydroxyl groups is 1. The Balaban J connectivity index is 1.92. The van der Waals surface area contributed by atoms with E-state index in [9.17, 15) is 9.50 Å². The third kappa shape index (κ3) is 3.67. The Kier molecular flexibility index (Phi) is 4.32. The second-order valence-corrected chi connectivity index (χ2v) is 5.99. The van der Waals surface area contributed by atoms with Crippen molar-refractivity contribution in [2.45, 2.75) is 11.4 Å². The fourth-order valence-electron chi connectivity index (χ4n) is 1.48. The summed E-state index contributed by atoms with van der Waals surface area (Å²) in [5.74, 6) is -0.215. The number of hydrogen-bond donors (Lipinski definition) is 1. The van der Waals surface area contributed by atoms with E-state index in [0.717, 1.165) is 10.0 Å². The molecule has 0 aliphatic heterocycles. The van der Waals surface area contributed by atoms with Crippen LogP contribution < -0.4 is 4.46 Å². The van der Waals surface area contributed by atoms with Crippen molar-refractivity contribution in [2.24, 2.45) is 0 Å². The van der Waals surface area contributed by atoms with Crippen molar-refractivity contribution < 1.29 is 9.50 Å². The standard InChI is InChI=1S/C14H13FOSe/c15-12-6-8-13(9-7-12)17-10-14(16)11-4-2-1-3-5-11/h1-9,14,16H,10H2. The van der Waals surface area contributed by atoms with Gasteiger partial charge in [0.05, 0.1) is 0 Å². The molecule has 1 unspecified atom stereocenters. The Labute approximate surface area is 106 Å². The van der Waals surface area contributed by atoms with Crippen LogP contribution in [0.4, 0.5) is 4.39 Å². The van der Waals surface area contributed by atoms with E-state index >= 15 is 0 Å². The molecule has 0 fully saturated rings. The summed E-state index contributed by atoms with van der Waals surface area (Å²) in [6.07, 6.45) is -0.429. The third-order valence-corrected chi connectivity index (χ3v) is 4.69. The first-order valence-corrected chi connectivity index (χ1v) is 7.44. The fraction of sp³-hybridized carbons (Fsp3) is 0.143. The predicted molar refractivity (Wildman–Crippen MR) is 68.0 cm³/mol. The zero-order chi connectivity index (χ0) is 12.1.